The Labute approximate surface area is 128 Å². The molecule has 21 heavy (non-hydrogen) atoms. The van der Waals surface area contributed by atoms with Crippen LogP contribution < -0.4 is 5.32 Å². The second-order valence-electron chi connectivity index (χ2n) is 4.70. The van der Waals surface area contributed by atoms with Crippen LogP contribution in [0, 0.1) is 0 Å². The van der Waals surface area contributed by atoms with Crippen molar-refractivity contribution in [2.45, 2.75) is 39.3 Å². The van der Waals surface area contributed by atoms with Crippen LogP contribution in [0.4, 0.5) is 0 Å². The number of hydrogen-bond acceptors (Lipinski definition) is 4. The average molecular weight is 308 g/mol. The predicted octanol–water partition coefficient (Wildman–Crippen LogP) is 2.30. The van der Waals surface area contributed by atoms with Gasteiger partial charge in [0.1, 0.15) is 6.54 Å². The summed E-state index contributed by atoms with van der Waals surface area (Å²) in [5, 5.41) is 15.5. The molecule has 112 valence electrons. The van der Waals surface area contributed by atoms with Gasteiger partial charge >= 0.3 is 0 Å². The molecule has 6 nitrogen and oxygen atoms in total. The fourth-order valence-electron chi connectivity index (χ4n) is 1.96. The average Bonchev–Trinajstić information content (AvgIpc) is 2.93. The molecule has 0 bridgehead atoms. The van der Waals surface area contributed by atoms with Crippen LogP contribution in [0.5, 0.6) is 0 Å². The lowest BCUT2D eigenvalue weighted by Gasteiger charge is -2.13. The van der Waals surface area contributed by atoms with Crippen molar-refractivity contribution in [2.75, 3.05) is 0 Å². The van der Waals surface area contributed by atoms with E-state index in [0.717, 1.165) is 12.8 Å². The van der Waals surface area contributed by atoms with Crippen molar-refractivity contribution in [2.24, 2.45) is 0 Å². The molecular formula is C14H18ClN5O. The molecule has 1 aromatic heterocycles. The second kappa shape index (κ2) is 7.17. The van der Waals surface area contributed by atoms with Gasteiger partial charge in [-0.1, -0.05) is 37.6 Å². The molecule has 0 spiro atoms. The molecule has 0 aliphatic carbocycles. The highest BCUT2D eigenvalue weighted by atomic mass is 35.5. The van der Waals surface area contributed by atoms with E-state index in [-0.39, 0.29) is 18.5 Å². The molecule has 7 heteroatoms. The van der Waals surface area contributed by atoms with Gasteiger partial charge in [0.15, 0.2) is 0 Å². The minimum absolute atomic E-state index is 0.0496. The van der Waals surface area contributed by atoms with E-state index in [1.54, 1.807) is 6.07 Å². The van der Waals surface area contributed by atoms with Crippen LogP contribution in [-0.4, -0.2) is 32.2 Å². The van der Waals surface area contributed by atoms with Gasteiger partial charge in [0, 0.05) is 11.6 Å². The summed E-state index contributed by atoms with van der Waals surface area (Å²) in [6.45, 7) is 4.13. The smallest absolute Gasteiger partial charge is 0.243 e. The number of nitrogens with zero attached hydrogens (tertiary/aromatic N) is 4. The number of hydrogen-bond donors (Lipinski definition) is 1. The highest BCUT2D eigenvalue weighted by Crippen LogP contribution is 2.23. The van der Waals surface area contributed by atoms with Crippen LogP contribution >= 0.6 is 11.6 Å². The maximum Gasteiger partial charge on any atom is 0.243 e. The van der Waals surface area contributed by atoms with Gasteiger partial charge < -0.3 is 5.32 Å². The Bertz CT molecular complexity index is 609. The van der Waals surface area contributed by atoms with Crippen LogP contribution in [0.3, 0.4) is 0 Å². The molecule has 0 saturated heterocycles. The van der Waals surface area contributed by atoms with E-state index in [4.69, 9.17) is 11.6 Å². The number of carbonyl (C=O) groups is 1. The summed E-state index contributed by atoms with van der Waals surface area (Å²) < 4.78 is 0. The largest absolute Gasteiger partial charge is 0.352 e. The molecule has 0 saturated carbocycles. The second-order valence-corrected chi connectivity index (χ2v) is 5.11. The van der Waals surface area contributed by atoms with Gasteiger partial charge in [0.2, 0.25) is 11.7 Å². The van der Waals surface area contributed by atoms with Gasteiger partial charge in [-0.25, -0.2) is 0 Å². The minimum Gasteiger partial charge on any atom is -0.352 e. The molecule has 2 rings (SSSR count). The molecule has 0 aliphatic heterocycles. The van der Waals surface area contributed by atoms with Gasteiger partial charge in [0.25, 0.3) is 0 Å². The SMILES string of the molecule is CCC(CC)NC(=O)Cn1nnc(-c2ccccc2Cl)n1. The maximum atomic E-state index is 11.9. The third-order valence-electron chi connectivity index (χ3n) is 3.20. The van der Waals surface area contributed by atoms with Crippen molar-refractivity contribution < 1.29 is 4.79 Å². The van der Waals surface area contributed by atoms with Crippen molar-refractivity contribution >= 4 is 17.5 Å². The summed E-state index contributed by atoms with van der Waals surface area (Å²) in [5.41, 5.74) is 0.700. The van der Waals surface area contributed by atoms with E-state index >= 15 is 0 Å². The monoisotopic (exact) mass is 307 g/mol. The lowest BCUT2D eigenvalue weighted by atomic mass is 10.2. The van der Waals surface area contributed by atoms with E-state index in [1.165, 1.54) is 4.80 Å². The first-order valence-electron chi connectivity index (χ1n) is 6.96. The molecule has 2 aromatic rings. The standard InChI is InChI=1S/C14H18ClN5O/c1-3-10(4-2)16-13(21)9-20-18-14(17-19-20)11-7-5-6-8-12(11)15/h5-8,10H,3-4,9H2,1-2H3,(H,16,21). The fourth-order valence-corrected chi connectivity index (χ4v) is 2.18. The summed E-state index contributed by atoms with van der Waals surface area (Å²) in [7, 11) is 0. The Morgan fingerprint density at radius 3 is 2.71 bits per heavy atom. The predicted molar refractivity (Wildman–Crippen MR) is 80.8 cm³/mol. The van der Waals surface area contributed by atoms with Crippen molar-refractivity contribution in [1.29, 1.82) is 0 Å². The third-order valence-corrected chi connectivity index (χ3v) is 3.53. The Hall–Kier alpha value is -1.95. The molecule has 0 radical (unpaired) electrons. The number of halogens is 1. The Kier molecular flexibility index (Phi) is 5.27. The Balaban J connectivity index is 2.04. The highest BCUT2D eigenvalue weighted by Gasteiger charge is 2.13. The molecule has 0 aliphatic rings. The molecule has 0 fully saturated rings. The lowest BCUT2D eigenvalue weighted by molar-refractivity contribution is -0.122. The summed E-state index contributed by atoms with van der Waals surface area (Å²) in [5.74, 6) is 0.294. The molecule has 1 N–H and O–H groups in total. The Morgan fingerprint density at radius 2 is 2.05 bits per heavy atom. The van der Waals surface area contributed by atoms with Gasteiger partial charge in [0.05, 0.1) is 5.02 Å². The van der Waals surface area contributed by atoms with Crippen LogP contribution in [0.2, 0.25) is 5.02 Å². The molecule has 1 heterocycles. The van der Waals surface area contributed by atoms with Crippen molar-refractivity contribution in [3.8, 4) is 11.4 Å². The van der Waals surface area contributed by atoms with Gasteiger partial charge in [-0.2, -0.15) is 4.80 Å². The molecule has 1 amide bonds. The first-order chi connectivity index (χ1) is 10.1. The minimum atomic E-state index is -0.119. The van der Waals surface area contributed by atoms with Crippen molar-refractivity contribution in [3.05, 3.63) is 29.3 Å². The normalized spacial score (nSPS) is 10.9. The number of tetrazole rings is 1. The fraction of sp³-hybridized carbons (Fsp3) is 0.429. The van der Waals surface area contributed by atoms with Crippen LogP contribution in [0.1, 0.15) is 26.7 Å². The summed E-state index contributed by atoms with van der Waals surface area (Å²) in [4.78, 5) is 13.2. The van der Waals surface area contributed by atoms with Gasteiger partial charge in [-0.05, 0) is 30.2 Å². The zero-order chi connectivity index (χ0) is 15.2. The van der Waals surface area contributed by atoms with Gasteiger partial charge in [-0.3, -0.25) is 4.79 Å². The lowest BCUT2D eigenvalue weighted by Crippen LogP contribution is -2.36. The topological polar surface area (TPSA) is 72.7 Å². The van der Waals surface area contributed by atoms with E-state index in [9.17, 15) is 4.79 Å². The highest BCUT2D eigenvalue weighted by molar-refractivity contribution is 6.33. The first-order valence-corrected chi connectivity index (χ1v) is 7.33. The summed E-state index contributed by atoms with van der Waals surface area (Å²) in [6.07, 6.45) is 1.80. The number of rotatable bonds is 6. The van der Waals surface area contributed by atoms with Gasteiger partial charge in [-0.15, -0.1) is 10.2 Å². The van der Waals surface area contributed by atoms with E-state index in [0.29, 0.717) is 16.4 Å². The molecule has 0 unspecified atom stereocenters. The first kappa shape index (κ1) is 15.4. The molecule has 1 aromatic carbocycles. The number of aromatic nitrogens is 4. The zero-order valence-corrected chi connectivity index (χ0v) is 12.8. The quantitative estimate of drug-likeness (QED) is 0.888. The van der Waals surface area contributed by atoms with E-state index in [1.807, 2.05) is 32.0 Å². The molecular weight excluding hydrogens is 290 g/mol. The van der Waals surface area contributed by atoms with Crippen LogP contribution in [-0.2, 0) is 11.3 Å². The molecule has 0 atom stereocenters. The van der Waals surface area contributed by atoms with Crippen molar-refractivity contribution in [1.82, 2.24) is 25.5 Å². The van der Waals surface area contributed by atoms with E-state index < -0.39 is 0 Å². The third kappa shape index (κ3) is 4.01. The number of amides is 1. The Morgan fingerprint density at radius 1 is 1.33 bits per heavy atom. The maximum absolute atomic E-state index is 11.9. The van der Waals surface area contributed by atoms with Crippen LogP contribution in [0.25, 0.3) is 11.4 Å². The number of nitrogens with one attached hydrogen (secondary N) is 1. The summed E-state index contributed by atoms with van der Waals surface area (Å²) in [6, 6.07) is 7.44. The summed E-state index contributed by atoms with van der Waals surface area (Å²) >= 11 is 6.08. The number of benzene rings is 1. The number of carbonyl (C=O) groups excluding carboxylic acids is 1. The van der Waals surface area contributed by atoms with Crippen molar-refractivity contribution in [3.63, 3.8) is 0 Å². The van der Waals surface area contributed by atoms with E-state index in [2.05, 4.69) is 20.7 Å². The zero-order valence-electron chi connectivity index (χ0n) is 12.1. The van der Waals surface area contributed by atoms with Crippen LogP contribution in [0.15, 0.2) is 24.3 Å².